The van der Waals surface area contributed by atoms with Crippen LogP contribution in [0.15, 0.2) is 0 Å². The van der Waals surface area contributed by atoms with Crippen LogP contribution in [0.25, 0.3) is 0 Å². The van der Waals surface area contributed by atoms with E-state index in [1.54, 1.807) is 0 Å². The van der Waals surface area contributed by atoms with E-state index in [0.717, 1.165) is 25.3 Å². The lowest BCUT2D eigenvalue weighted by Crippen LogP contribution is -2.34. The van der Waals surface area contributed by atoms with Gasteiger partial charge in [0.05, 0.1) is 0 Å². The Morgan fingerprint density at radius 1 is 1.44 bits per heavy atom. The Morgan fingerprint density at radius 2 is 2.22 bits per heavy atom. The quantitative estimate of drug-likeness (QED) is 0.796. The molecule has 0 aromatic carbocycles. The van der Waals surface area contributed by atoms with Gasteiger partial charge < -0.3 is 10.6 Å². The van der Waals surface area contributed by atoms with E-state index in [0.29, 0.717) is 10.1 Å². The van der Waals surface area contributed by atoms with E-state index in [4.69, 9.17) is 0 Å². The third-order valence-electron chi connectivity index (χ3n) is 3.09. The van der Waals surface area contributed by atoms with Crippen molar-refractivity contribution in [3.8, 4) is 0 Å². The van der Waals surface area contributed by atoms with Gasteiger partial charge in [0.1, 0.15) is 0 Å². The Morgan fingerprint density at radius 3 is 2.83 bits per heavy atom. The molecule has 1 aromatic rings. The normalized spacial score (nSPS) is 16.3. The number of anilines is 1. The zero-order valence-electron chi connectivity index (χ0n) is 10.9. The molecule has 1 amide bonds. The molecular weight excluding hydrogens is 248 g/mol. The molecule has 1 aliphatic carbocycles. The van der Waals surface area contributed by atoms with E-state index in [-0.39, 0.29) is 11.9 Å². The minimum atomic E-state index is -0.0934. The molecule has 18 heavy (non-hydrogen) atoms. The molecule has 5 nitrogen and oxygen atoms in total. The number of carbonyl (C=O) groups is 1. The van der Waals surface area contributed by atoms with Gasteiger partial charge in [-0.2, -0.15) is 0 Å². The molecule has 1 atom stereocenters. The van der Waals surface area contributed by atoms with Crippen LogP contribution in [-0.2, 0) is 0 Å². The Kier molecular flexibility index (Phi) is 4.52. The number of nitrogens with zero attached hydrogens (tertiary/aromatic N) is 2. The van der Waals surface area contributed by atoms with Crippen LogP contribution in [0.1, 0.15) is 49.3 Å². The van der Waals surface area contributed by atoms with Crippen LogP contribution in [0.3, 0.4) is 0 Å². The molecular formula is C12H20N4OS. The molecule has 6 heteroatoms. The Balaban J connectivity index is 1.88. The van der Waals surface area contributed by atoms with Gasteiger partial charge in [0.2, 0.25) is 10.1 Å². The van der Waals surface area contributed by atoms with Gasteiger partial charge >= 0.3 is 0 Å². The molecule has 1 saturated carbocycles. The van der Waals surface area contributed by atoms with Crippen molar-refractivity contribution in [3.63, 3.8) is 0 Å². The Bertz CT molecular complexity index is 403. The highest BCUT2D eigenvalue weighted by atomic mass is 32.1. The zero-order valence-corrected chi connectivity index (χ0v) is 11.7. The molecule has 0 bridgehead atoms. The van der Waals surface area contributed by atoms with E-state index < -0.39 is 0 Å². The van der Waals surface area contributed by atoms with Crippen molar-refractivity contribution in [2.45, 2.75) is 45.6 Å². The van der Waals surface area contributed by atoms with E-state index in [1.807, 2.05) is 6.92 Å². The fourth-order valence-corrected chi connectivity index (χ4v) is 2.58. The number of hydrogen-bond acceptors (Lipinski definition) is 5. The van der Waals surface area contributed by atoms with Gasteiger partial charge in [-0.05, 0) is 25.7 Å². The summed E-state index contributed by atoms with van der Waals surface area (Å²) in [5.41, 5.74) is 0. The molecule has 0 saturated heterocycles. The number of aromatic nitrogens is 2. The lowest BCUT2D eigenvalue weighted by atomic mass is 10.1. The molecule has 100 valence electrons. The summed E-state index contributed by atoms with van der Waals surface area (Å²) >= 11 is 1.31. The highest BCUT2D eigenvalue weighted by Gasteiger charge is 2.26. The fraction of sp³-hybridized carbons (Fsp3) is 0.750. The van der Waals surface area contributed by atoms with Crippen LogP contribution >= 0.6 is 11.3 Å². The first-order valence-electron chi connectivity index (χ1n) is 6.61. The summed E-state index contributed by atoms with van der Waals surface area (Å²) in [5.74, 6) is 0.728. The first kappa shape index (κ1) is 13.3. The minimum absolute atomic E-state index is 0.0934. The second-order valence-corrected chi connectivity index (χ2v) is 5.68. The monoisotopic (exact) mass is 268 g/mol. The molecule has 0 spiro atoms. The standard InChI is InChI=1S/C12H20N4OS/c1-3-9(7-8-5-6-8)14-10(17)11-15-16-12(18-11)13-4-2/h8-9H,3-7H2,1-2H3,(H,13,16)(H,14,17). The average Bonchev–Trinajstić information content (AvgIpc) is 3.05. The maximum atomic E-state index is 12.0. The molecule has 1 aliphatic rings. The lowest BCUT2D eigenvalue weighted by Gasteiger charge is -2.15. The summed E-state index contributed by atoms with van der Waals surface area (Å²) in [6.07, 6.45) is 4.70. The number of carbonyl (C=O) groups excluding carboxylic acids is 1. The van der Waals surface area contributed by atoms with Crippen molar-refractivity contribution in [3.05, 3.63) is 5.01 Å². The first-order chi connectivity index (χ1) is 8.72. The highest BCUT2D eigenvalue weighted by molar-refractivity contribution is 7.17. The minimum Gasteiger partial charge on any atom is -0.360 e. The topological polar surface area (TPSA) is 66.9 Å². The third kappa shape index (κ3) is 3.66. The van der Waals surface area contributed by atoms with E-state index >= 15 is 0 Å². The van der Waals surface area contributed by atoms with Crippen molar-refractivity contribution >= 4 is 22.4 Å². The fourth-order valence-electron chi connectivity index (χ4n) is 1.87. The second kappa shape index (κ2) is 6.13. The second-order valence-electron chi connectivity index (χ2n) is 4.70. The number of rotatable bonds is 7. The molecule has 2 rings (SSSR count). The van der Waals surface area contributed by atoms with Crippen LogP contribution in [-0.4, -0.2) is 28.7 Å². The number of amides is 1. The van der Waals surface area contributed by atoms with Gasteiger partial charge in [0, 0.05) is 12.6 Å². The summed E-state index contributed by atoms with van der Waals surface area (Å²) in [6.45, 7) is 4.89. The summed E-state index contributed by atoms with van der Waals surface area (Å²) < 4.78 is 0. The third-order valence-corrected chi connectivity index (χ3v) is 3.97. The van der Waals surface area contributed by atoms with Gasteiger partial charge in [0.25, 0.3) is 5.91 Å². The summed E-state index contributed by atoms with van der Waals surface area (Å²) in [7, 11) is 0. The Hall–Kier alpha value is -1.17. The molecule has 1 aromatic heterocycles. The average molecular weight is 268 g/mol. The van der Waals surface area contributed by atoms with Gasteiger partial charge in [-0.1, -0.05) is 31.1 Å². The first-order valence-corrected chi connectivity index (χ1v) is 7.42. The van der Waals surface area contributed by atoms with Crippen LogP contribution in [0.4, 0.5) is 5.13 Å². The zero-order chi connectivity index (χ0) is 13.0. The summed E-state index contributed by atoms with van der Waals surface area (Å²) in [5, 5.41) is 15.1. The number of nitrogens with one attached hydrogen (secondary N) is 2. The number of hydrogen-bond donors (Lipinski definition) is 2. The van der Waals surface area contributed by atoms with Crippen LogP contribution in [0.2, 0.25) is 0 Å². The maximum Gasteiger partial charge on any atom is 0.282 e. The summed E-state index contributed by atoms with van der Waals surface area (Å²) in [4.78, 5) is 12.0. The van der Waals surface area contributed by atoms with Crippen molar-refractivity contribution in [2.75, 3.05) is 11.9 Å². The van der Waals surface area contributed by atoms with Gasteiger partial charge in [-0.3, -0.25) is 4.79 Å². The predicted molar refractivity (Wildman–Crippen MR) is 73.0 cm³/mol. The molecule has 0 aliphatic heterocycles. The largest absolute Gasteiger partial charge is 0.360 e. The van der Waals surface area contributed by atoms with Crippen molar-refractivity contribution < 1.29 is 4.79 Å². The molecule has 0 radical (unpaired) electrons. The summed E-state index contributed by atoms with van der Waals surface area (Å²) in [6, 6.07) is 0.275. The Labute approximate surface area is 111 Å². The maximum absolute atomic E-state index is 12.0. The molecule has 1 unspecified atom stereocenters. The highest BCUT2D eigenvalue weighted by Crippen LogP contribution is 2.34. The van der Waals surface area contributed by atoms with Crippen molar-refractivity contribution in [1.82, 2.24) is 15.5 Å². The van der Waals surface area contributed by atoms with Crippen LogP contribution in [0.5, 0.6) is 0 Å². The van der Waals surface area contributed by atoms with Gasteiger partial charge in [0.15, 0.2) is 0 Å². The SMILES string of the molecule is CCNc1nnc(C(=O)NC(CC)CC2CC2)s1. The van der Waals surface area contributed by atoms with E-state index in [2.05, 4.69) is 27.8 Å². The van der Waals surface area contributed by atoms with E-state index in [9.17, 15) is 4.79 Å². The lowest BCUT2D eigenvalue weighted by molar-refractivity contribution is 0.0931. The van der Waals surface area contributed by atoms with Crippen molar-refractivity contribution in [2.24, 2.45) is 5.92 Å². The van der Waals surface area contributed by atoms with Crippen molar-refractivity contribution in [1.29, 1.82) is 0 Å². The molecule has 1 fully saturated rings. The van der Waals surface area contributed by atoms with Gasteiger partial charge in [-0.15, -0.1) is 10.2 Å². The van der Waals surface area contributed by atoms with E-state index in [1.165, 1.54) is 24.2 Å². The smallest absolute Gasteiger partial charge is 0.282 e. The predicted octanol–water partition coefficient (Wildman–Crippen LogP) is 2.28. The van der Waals surface area contributed by atoms with Gasteiger partial charge in [-0.25, -0.2) is 0 Å². The molecule has 2 N–H and O–H groups in total. The van der Waals surface area contributed by atoms with Crippen LogP contribution < -0.4 is 10.6 Å². The van der Waals surface area contributed by atoms with Crippen LogP contribution in [0, 0.1) is 5.92 Å². The molecule has 1 heterocycles.